The molecule has 0 saturated carbocycles. The lowest BCUT2D eigenvalue weighted by Crippen LogP contribution is -2.67. The van der Waals surface area contributed by atoms with Gasteiger partial charge >= 0.3 is 12.1 Å². The molecule has 11 heteroatoms. The number of nitrogens with zero attached hydrogens (tertiary/aromatic N) is 2. The number of carbonyl (C=O) groups is 1. The summed E-state index contributed by atoms with van der Waals surface area (Å²) in [5.41, 5.74) is 3.62. The van der Waals surface area contributed by atoms with Gasteiger partial charge in [-0.05, 0) is 45.2 Å². The lowest BCUT2D eigenvalue weighted by atomic mass is 9.97. The first-order valence-electron chi connectivity index (χ1n) is 12.1. The van der Waals surface area contributed by atoms with Crippen LogP contribution in [0.5, 0.6) is 5.88 Å². The van der Waals surface area contributed by atoms with Gasteiger partial charge in [0.1, 0.15) is 24.9 Å². The van der Waals surface area contributed by atoms with Crippen molar-refractivity contribution in [3.8, 4) is 5.88 Å². The minimum atomic E-state index is -2.79. The zero-order valence-electron chi connectivity index (χ0n) is 21.2. The largest absolute Gasteiger partial charge is 0.508 e. The van der Waals surface area contributed by atoms with Crippen LogP contribution in [0.4, 0.5) is 4.79 Å². The summed E-state index contributed by atoms with van der Waals surface area (Å²) in [5.74, 6) is -2.79. The van der Waals surface area contributed by atoms with Crippen molar-refractivity contribution >= 4 is 6.16 Å². The molecule has 1 aromatic heterocycles. The molecular formula is C25H36N2O9. The molecule has 11 nitrogen and oxygen atoms in total. The van der Waals surface area contributed by atoms with Crippen LogP contribution >= 0.6 is 0 Å². The SMILES string of the molecule is CCOC(=O)OC[C@H]1O[C@](O)(Oc2nn(C(C)C)c(C)c2Cc2ccc(CC)cc2)[C@H](O)[C@@H](O)[C@@H]1O. The van der Waals surface area contributed by atoms with E-state index in [-0.39, 0.29) is 18.5 Å². The molecule has 200 valence electrons. The number of hydrogen-bond acceptors (Lipinski definition) is 10. The third kappa shape index (κ3) is 5.98. The molecule has 5 atom stereocenters. The van der Waals surface area contributed by atoms with Gasteiger partial charge in [0.05, 0.1) is 6.61 Å². The Kier molecular flexibility index (Phi) is 8.96. The molecule has 0 bridgehead atoms. The Morgan fingerprint density at radius 2 is 1.75 bits per heavy atom. The molecule has 1 aliphatic heterocycles. The van der Waals surface area contributed by atoms with Gasteiger partial charge in [-0.1, -0.05) is 31.2 Å². The molecule has 0 amide bonds. The Bertz CT molecular complexity index is 1020. The minimum absolute atomic E-state index is 0.00373. The monoisotopic (exact) mass is 508 g/mol. The highest BCUT2D eigenvalue weighted by atomic mass is 16.8. The second-order valence-electron chi connectivity index (χ2n) is 9.06. The van der Waals surface area contributed by atoms with Crippen molar-refractivity contribution in [3.63, 3.8) is 0 Å². The summed E-state index contributed by atoms with van der Waals surface area (Å²) in [5, 5.41) is 46.9. The van der Waals surface area contributed by atoms with E-state index in [1.807, 2.05) is 45.0 Å². The molecule has 0 radical (unpaired) electrons. The lowest BCUT2D eigenvalue weighted by molar-refractivity contribution is -0.423. The van der Waals surface area contributed by atoms with Crippen LogP contribution in [0.2, 0.25) is 0 Å². The van der Waals surface area contributed by atoms with E-state index in [2.05, 4.69) is 16.8 Å². The highest BCUT2D eigenvalue weighted by Crippen LogP contribution is 2.34. The molecule has 1 aromatic carbocycles. The van der Waals surface area contributed by atoms with Crippen LogP contribution in [-0.2, 0) is 27.1 Å². The second-order valence-corrected chi connectivity index (χ2v) is 9.06. The molecule has 1 fully saturated rings. The van der Waals surface area contributed by atoms with E-state index in [1.165, 1.54) is 5.56 Å². The number of aryl methyl sites for hydroxylation is 1. The van der Waals surface area contributed by atoms with E-state index in [0.717, 1.165) is 17.7 Å². The van der Waals surface area contributed by atoms with Gasteiger partial charge in [-0.3, -0.25) is 4.68 Å². The molecule has 0 aliphatic carbocycles. The van der Waals surface area contributed by atoms with Crippen LogP contribution in [-0.4, -0.2) is 80.0 Å². The maximum Gasteiger partial charge on any atom is 0.508 e. The third-order valence-corrected chi connectivity index (χ3v) is 6.16. The van der Waals surface area contributed by atoms with Crippen molar-refractivity contribution in [2.45, 2.75) is 83.9 Å². The van der Waals surface area contributed by atoms with Crippen molar-refractivity contribution in [1.82, 2.24) is 9.78 Å². The van der Waals surface area contributed by atoms with Gasteiger partial charge < -0.3 is 39.4 Å². The summed E-state index contributed by atoms with van der Waals surface area (Å²) >= 11 is 0. The van der Waals surface area contributed by atoms with E-state index in [9.17, 15) is 25.2 Å². The number of benzene rings is 1. The van der Waals surface area contributed by atoms with Gasteiger partial charge in [0.25, 0.3) is 0 Å². The summed E-state index contributed by atoms with van der Waals surface area (Å²) in [6.07, 6.45) is -6.69. The summed E-state index contributed by atoms with van der Waals surface area (Å²) in [6, 6.07) is 8.03. The fraction of sp³-hybridized carbons (Fsp3) is 0.600. The van der Waals surface area contributed by atoms with Crippen molar-refractivity contribution in [2.24, 2.45) is 0 Å². The first-order valence-corrected chi connectivity index (χ1v) is 12.1. The maximum atomic E-state index is 11.6. The third-order valence-electron chi connectivity index (χ3n) is 6.16. The quantitative estimate of drug-likeness (QED) is 0.290. The number of aliphatic hydroxyl groups excluding tert-OH is 3. The summed E-state index contributed by atoms with van der Waals surface area (Å²) in [7, 11) is 0. The number of hydrogen-bond donors (Lipinski definition) is 4. The maximum absolute atomic E-state index is 11.6. The number of ether oxygens (including phenoxy) is 4. The Morgan fingerprint density at radius 3 is 2.33 bits per heavy atom. The van der Waals surface area contributed by atoms with E-state index >= 15 is 0 Å². The zero-order chi connectivity index (χ0) is 26.6. The molecule has 2 aromatic rings. The normalized spacial score (nSPS) is 26.2. The van der Waals surface area contributed by atoms with E-state index < -0.39 is 43.2 Å². The fourth-order valence-electron chi connectivity index (χ4n) is 4.06. The fourth-order valence-corrected chi connectivity index (χ4v) is 4.06. The predicted molar refractivity (Wildman–Crippen MR) is 127 cm³/mol. The van der Waals surface area contributed by atoms with E-state index in [1.54, 1.807) is 11.6 Å². The Balaban J connectivity index is 1.89. The number of aromatic nitrogens is 2. The van der Waals surface area contributed by atoms with Crippen molar-refractivity contribution in [2.75, 3.05) is 13.2 Å². The zero-order valence-corrected chi connectivity index (χ0v) is 21.2. The standard InChI is InChI=1S/C25H36N2O9/c1-6-16-8-10-17(11-9-16)12-18-15(5)27(14(3)4)26-23(18)36-25(32)22(30)21(29)20(28)19(35-25)13-34-24(31)33-7-2/h8-11,14,19-22,28-30,32H,6-7,12-13H2,1-5H3/t19-,20-,21+,22-,25+/m1/s1. The summed E-state index contributed by atoms with van der Waals surface area (Å²) in [6.45, 7) is 8.92. The van der Waals surface area contributed by atoms with Gasteiger partial charge in [-0.15, -0.1) is 5.10 Å². The minimum Gasteiger partial charge on any atom is -0.435 e. The Labute approximate surface area is 210 Å². The second kappa shape index (κ2) is 11.6. The molecule has 0 spiro atoms. The van der Waals surface area contributed by atoms with Crippen LogP contribution in [0.25, 0.3) is 0 Å². The topological polar surface area (TPSA) is 153 Å². The molecule has 2 heterocycles. The highest BCUT2D eigenvalue weighted by Gasteiger charge is 2.56. The highest BCUT2D eigenvalue weighted by molar-refractivity contribution is 5.59. The molecule has 1 aliphatic rings. The van der Waals surface area contributed by atoms with Gasteiger partial charge in [-0.25, -0.2) is 4.79 Å². The van der Waals surface area contributed by atoms with Gasteiger partial charge in [-0.2, -0.15) is 0 Å². The van der Waals surface area contributed by atoms with E-state index in [0.29, 0.717) is 12.0 Å². The average molecular weight is 509 g/mol. The molecule has 4 N–H and O–H groups in total. The molecular weight excluding hydrogens is 472 g/mol. The molecule has 0 unspecified atom stereocenters. The van der Waals surface area contributed by atoms with Gasteiger partial charge in [0, 0.05) is 23.7 Å². The van der Waals surface area contributed by atoms with Gasteiger partial charge in [0.15, 0.2) is 6.10 Å². The summed E-state index contributed by atoms with van der Waals surface area (Å²) < 4.78 is 22.4. The predicted octanol–water partition coefficient (Wildman–Crippen LogP) is 1.61. The average Bonchev–Trinajstić information content (AvgIpc) is 3.15. The van der Waals surface area contributed by atoms with Gasteiger partial charge in [0.2, 0.25) is 5.88 Å². The van der Waals surface area contributed by atoms with Crippen LogP contribution in [0.1, 0.15) is 56.1 Å². The first kappa shape index (κ1) is 27.9. The molecule has 3 rings (SSSR count). The van der Waals surface area contributed by atoms with Crippen LogP contribution in [0.15, 0.2) is 24.3 Å². The van der Waals surface area contributed by atoms with Crippen molar-refractivity contribution < 1.29 is 44.2 Å². The Morgan fingerprint density at radius 1 is 1.11 bits per heavy atom. The lowest BCUT2D eigenvalue weighted by Gasteiger charge is -2.44. The Hall–Kier alpha value is -2.70. The molecule has 36 heavy (non-hydrogen) atoms. The first-order chi connectivity index (χ1) is 17.0. The van der Waals surface area contributed by atoms with Crippen LogP contribution < -0.4 is 4.74 Å². The van der Waals surface area contributed by atoms with Crippen molar-refractivity contribution in [3.05, 3.63) is 46.6 Å². The van der Waals surface area contributed by atoms with Crippen LogP contribution in [0, 0.1) is 6.92 Å². The van der Waals surface area contributed by atoms with Crippen molar-refractivity contribution in [1.29, 1.82) is 0 Å². The van der Waals surface area contributed by atoms with Crippen LogP contribution in [0.3, 0.4) is 0 Å². The number of rotatable bonds is 9. The smallest absolute Gasteiger partial charge is 0.435 e. The number of carbonyl (C=O) groups excluding carboxylic acids is 1. The van der Waals surface area contributed by atoms with E-state index in [4.69, 9.17) is 14.2 Å². The summed E-state index contributed by atoms with van der Waals surface area (Å²) in [4.78, 5) is 11.6. The molecule has 1 saturated heterocycles. The number of aliphatic hydroxyl groups is 4.